The summed E-state index contributed by atoms with van der Waals surface area (Å²) in [6.45, 7) is 6.50. The van der Waals surface area contributed by atoms with Crippen LogP contribution in [-0.4, -0.2) is 18.5 Å². The van der Waals surface area contributed by atoms with E-state index in [9.17, 15) is 14.0 Å². The molecule has 0 atom stereocenters. The maximum atomic E-state index is 14.6. The molecule has 0 heterocycles. The predicted octanol–water partition coefficient (Wildman–Crippen LogP) is 5.45. The molecule has 0 aliphatic carbocycles. The first kappa shape index (κ1) is 24.8. The van der Waals surface area contributed by atoms with Crippen molar-refractivity contribution in [3.05, 3.63) is 115 Å². The minimum absolute atomic E-state index is 0.0561. The standard InChI is InChI=1S/C30H21FO4/c1-3-26(32)7-5-6-24-14-19-28(29(31)20-24)25-15-10-22(11-16-25)8-9-23-12-17-27(18-13-23)34-21-35-30(33)4-2/h3-4,10-20H,1-2,7,21H2. The van der Waals surface area contributed by atoms with Crippen LogP contribution in [0, 0.1) is 29.5 Å². The molecule has 3 rings (SSSR count). The number of carbonyl (C=O) groups excluding carboxylic acids is 2. The summed E-state index contributed by atoms with van der Waals surface area (Å²) >= 11 is 0. The van der Waals surface area contributed by atoms with Gasteiger partial charge in [-0.15, -0.1) is 0 Å². The highest BCUT2D eigenvalue weighted by molar-refractivity contribution is 5.90. The zero-order valence-electron chi connectivity index (χ0n) is 18.8. The molecule has 35 heavy (non-hydrogen) atoms. The average molecular weight is 464 g/mol. The fraction of sp³-hybridized carbons (Fsp3) is 0.0667. The number of benzene rings is 3. The molecule has 0 N–H and O–H groups in total. The van der Waals surface area contributed by atoms with Crippen LogP contribution in [0.4, 0.5) is 4.39 Å². The van der Waals surface area contributed by atoms with Crippen LogP contribution in [0.15, 0.2) is 92.0 Å². The third kappa shape index (κ3) is 7.60. The summed E-state index contributed by atoms with van der Waals surface area (Å²) in [7, 11) is 0. The Bertz CT molecular complexity index is 1360. The number of ketones is 1. The van der Waals surface area contributed by atoms with Crippen molar-refractivity contribution in [1.29, 1.82) is 0 Å². The predicted molar refractivity (Wildman–Crippen MR) is 133 cm³/mol. The second-order valence-electron chi connectivity index (χ2n) is 7.13. The first-order valence-electron chi connectivity index (χ1n) is 10.6. The second kappa shape index (κ2) is 12.4. The Kier molecular flexibility index (Phi) is 8.77. The van der Waals surface area contributed by atoms with Crippen LogP contribution in [0.3, 0.4) is 0 Å². The Morgan fingerprint density at radius 2 is 1.46 bits per heavy atom. The maximum Gasteiger partial charge on any atom is 0.333 e. The molecule has 0 unspecified atom stereocenters. The Morgan fingerprint density at radius 1 is 0.829 bits per heavy atom. The zero-order chi connectivity index (χ0) is 25.0. The highest BCUT2D eigenvalue weighted by Crippen LogP contribution is 2.24. The van der Waals surface area contributed by atoms with Crippen LogP contribution in [0.1, 0.15) is 23.1 Å². The molecule has 3 aromatic carbocycles. The number of hydrogen-bond acceptors (Lipinski definition) is 4. The highest BCUT2D eigenvalue weighted by atomic mass is 19.1. The second-order valence-corrected chi connectivity index (χ2v) is 7.13. The quantitative estimate of drug-likeness (QED) is 0.202. The zero-order valence-corrected chi connectivity index (χ0v) is 18.8. The molecule has 5 heteroatoms. The molecule has 0 aliphatic heterocycles. The van der Waals surface area contributed by atoms with Crippen LogP contribution in [0.5, 0.6) is 5.75 Å². The van der Waals surface area contributed by atoms with Crippen LogP contribution >= 0.6 is 0 Å². The van der Waals surface area contributed by atoms with E-state index in [4.69, 9.17) is 9.47 Å². The van der Waals surface area contributed by atoms with E-state index in [0.717, 1.165) is 17.2 Å². The van der Waals surface area contributed by atoms with E-state index < -0.39 is 11.8 Å². The molecule has 0 amide bonds. The van der Waals surface area contributed by atoms with Crippen LogP contribution in [-0.2, 0) is 14.3 Å². The van der Waals surface area contributed by atoms with Gasteiger partial charge in [0.15, 0.2) is 5.78 Å². The van der Waals surface area contributed by atoms with E-state index in [0.29, 0.717) is 22.4 Å². The van der Waals surface area contributed by atoms with Gasteiger partial charge in [0.1, 0.15) is 11.6 Å². The third-order valence-electron chi connectivity index (χ3n) is 4.69. The number of allylic oxidation sites excluding steroid dienone is 1. The van der Waals surface area contributed by atoms with Gasteiger partial charge in [0, 0.05) is 28.3 Å². The van der Waals surface area contributed by atoms with Crippen LogP contribution in [0.25, 0.3) is 11.1 Å². The fourth-order valence-electron chi connectivity index (χ4n) is 2.86. The third-order valence-corrected chi connectivity index (χ3v) is 4.69. The van der Waals surface area contributed by atoms with Gasteiger partial charge in [-0.3, -0.25) is 4.79 Å². The van der Waals surface area contributed by atoms with Crippen molar-refractivity contribution in [2.75, 3.05) is 6.79 Å². The summed E-state index contributed by atoms with van der Waals surface area (Å²) in [6, 6.07) is 19.0. The molecule has 4 nitrogen and oxygen atoms in total. The van der Waals surface area contributed by atoms with E-state index in [1.807, 2.05) is 12.1 Å². The molecule has 0 aromatic heterocycles. The lowest BCUT2D eigenvalue weighted by atomic mass is 10.0. The molecule has 0 saturated carbocycles. The van der Waals surface area contributed by atoms with Crippen molar-refractivity contribution in [2.45, 2.75) is 6.42 Å². The van der Waals surface area contributed by atoms with E-state index in [1.54, 1.807) is 48.5 Å². The molecule has 0 radical (unpaired) electrons. The van der Waals surface area contributed by atoms with Gasteiger partial charge in [0.25, 0.3) is 0 Å². The Balaban J connectivity index is 1.63. The summed E-state index contributed by atoms with van der Waals surface area (Å²) in [6.07, 6.45) is 2.33. The van der Waals surface area contributed by atoms with E-state index in [1.165, 1.54) is 12.1 Å². The molecule has 0 aliphatic rings. The molecule has 3 aromatic rings. The first-order chi connectivity index (χ1) is 17.0. The Hall–Kier alpha value is -4.87. The number of hydrogen-bond donors (Lipinski definition) is 0. The van der Waals surface area contributed by atoms with Gasteiger partial charge in [0.05, 0.1) is 6.42 Å². The van der Waals surface area contributed by atoms with Crippen molar-refractivity contribution in [2.24, 2.45) is 0 Å². The van der Waals surface area contributed by atoms with E-state index in [2.05, 4.69) is 36.8 Å². The molecular formula is C30H21FO4. The summed E-state index contributed by atoms with van der Waals surface area (Å²) in [5, 5.41) is 0. The summed E-state index contributed by atoms with van der Waals surface area (Å²) in [5.74, 6) is 11.0. The van der Waals surface area contributed by atoms with Crippen LogP contribution in [0.2, 0.25) is 0 Å². The number of esters is 1. The molecule has 0 bridgehead atoms. The van der Waals surface area contributed by atoms with Crippen molar-refractivity contribution in [3.8, 4) is 40.6 Å². The smallest absolute Gasteiger partial charge is 0.333 e. The topological polar surface area (TPSA) is 52.6 Å². The SMILES string of the molecule is C=CC(=O)CC#Cc1ccc(-c2ccc(C#Cc3ccc(OCOC(=O)C=C)cc3)cc2)c(F)c1. The Morgan fingerprint density at radius 3 is 2.06 bits per heavy atom. The van der Waals surface area contributed by atoms with Crippen molar-refractivity contribution >= 4 is 11.8 Å². The number of carbonyl (C=O) groups is 2. The molecule has 0 saturated heterocycles. The van der Waals surface area contributed by atoms with E-state index in [-0.39, 0.29) is 19.0 Å². The number of ether oxygens (including phenoxy) is 2. The summed E-state index contributed by atoms with van der Waals surface area (Å²) in [4.78, 5) is 22.2. The highest BCUT2D eigenvalue weighted by Gasteiger charge is 2.06. The maximum absolute atomic E-state index is 14.6. The monoisotopic (exact) mass is 464 g/mol. The lowest BCUT2D eigenvalue weighted by molar-refractivity contribution is -0.144. The normalized spacial score (nSPS) is 9.51. The minimum atomic E-state index is -0.554. The molecule has 0 fully saturated rings. The molecule has 0 spiro atoms. The summed E-state index contributed by atoms with van der Waals surface area (Å²) in [5.41, 5.74) is 3.22. The van der Waals surface area contributed by atoms with Crippen molar-refractivity contribution in [3.63, 3.8) is 0 Å². The molecule has 172 valence electrons. The van der Waals surface area contributed by atoms with Gasteiger partial charge in [-0.2, -0.15) is 0 Å². The average Bonchev–Trinajstić information content (AvgIpc) is 2.88. The van der Waals surface area contributed by atoms with Gasteiger partial charge in [-0.05, 0) is 60.2 Å². The lowest BCUT2D eigenvalue weighted by Gasteiger charge is -2.05. The minimum Gasteiger partial charge on any atom is -0.457 e. The van der Waals surface area contributed by atoms with Gasteiger partial charge < -0.3 is 9.47 Å². The first-order valence-corrected chi connectivity index (χ1v) is 10.6. The van der Waals surface area contributed by atoms with E-state index >= 15 is 0 Å². The van der Waals surface area contributed by atoms with Crippen LogP contribution < -0.4 is 4.74 Å². The van der Waals surface area contributed by atoms with Gasteiger partial charge >= 0.3 is 5.97 Å². The van der Waals surface area contributed by atoms with Crippen molar-refractivity contribution < 1.29 is 23.5 Å². The Labute approximate surface area is 203 Å². The van der Waals surface area contributed by atoms with Crippen molar-refractivity contribution in [1.82, 2.24) is 0 Å². The number of halogens is 1. The lowest BCUT2D eigenvalue weighted by Crippen LogP contribution is -2.07. The summed E-state index contributed by atoms with van der Waals surface area (Å²) < 4.78 is 24.7. The van der Waals surface area contributed by atoms with Gasteiger partial charge in [-0.1, -0.05) is 55.0 Å². The fourth-order valence-corrected chi connectivity index (χ4v) is 2.86. The number of rotatable bonds is 7. The van der Waals surface area contributed by atoms with Gasteiger partial charge in [0.2, 0.25) is 6.79 Å². The van der Waals surface area contributed by atoms with Gasteiger partial charge in [-0.25, -0.2) is 9.18 Å². The molecular weight excluding hydrogens is 443 g/mol. The largest absolute Gasteiger partial charge is 0.457 e.